The Morgan fingerprint density at radius 2 is 2.11 bits per heavy atom. The Labute approximate surface area is 110 Å². The number of ether oxygens (including phenoxy) is 1. The van der Waals surface area contributed by atoms with E-state index in [2.05, 4.69) is 16.0 Å². The molecule has 0 aliphatic rings. The van der Waals surface area contributed by atoms with Crippen LogP contribution in [0.4, 0.5) is 10.5 Å². The molecule has 1 rings (SSSR count). The molecule has 0 radical (unpaired) electrons. The predicted octanol–water partition coefficient (Wildman–Crippen LogP) is 1.22. The third kappa shape index (κ3) is 4.14. The minimum Gasteiger partial charge on any atom is -0.495 e. The molecule has 0 unspecified atom stereocenters. The van der Waals surface area contributed by atoms with Crippen molar-refractivity contribution in [2.75, 3.05) is 26.0 Å². The first-order valence-electron chi connectivity index (χ1n) is 5.15. The van der Waals surface area contributed by atoms with Crippen molar-refractivity contribution >= 4 is 29.2 Å². The second-order valence-electron chi connectivity index (χ2n) is 3.33. The molecule has 0 saturated carbocycles. The van der Waals surface area contributed by atoms with Crippen molar-refractivity contribution in [3.05, 3.63) is 23.2 Å². The summed E-state index contributed by atoms with van der Waals surface area (Å²) >= 11 is 5.84. The Bertz CT molecular complexity index is 451. The smallest absolute Gasteiger partial charge is 0.321 e. The van der Waals surface area contributed by atoms with Gasteiger partial charge in [0, 0.05) is 12.1 Å². The number of hydrogen-bond acceptors (Lipinski definition) is 4. The van der Waals surface area contributed by atoms with Gasteiger partial charge in [-0.05, 0) is 18.2 Å². The van der Waals surface area contributed by atoms with E-state index < -0.39 is 11.9 Å². The van der Waals surface area contributed by atoms with E-state index >= 15 is 0 Å². The van der Waals surface area contributed by atoms with Gasteiger partial charge in [-0.25, -0.2) is 4.79 Å². The van der Waals surface area contributed by atoms with Gasteiger partial charge >= 0.3 is 6.03 Å². The van der Waals surface area contributed by atoms with Crippen LogP contribution >= 0.6 is 11.6 Å². The molecule has 0 fully saturated rings. The highest BCUT2D eigenvalue weighted by Gasteiger charge is 2.08. The number of nitrogens with one attached hydrogen (secondary N) is 3. The zero-order chi connectivity index (χ0) is 13.5. The lowest BCUT2D eigenvalue weighted by molar-refractivity contribution is -0.118. The SMILES string of the molecule is CNC(=O)NC(=O)CNc1cc(Cl)ccc1OC. The number of benzene rings is 1. The largest absolute Gasteiger partial charge is 0.495 e. The molecule has 1 aromatic carbocycles. The van der Waals surface area contributed by atoms with Gasteiger partial charge in [0.15, 0.2) is 0 Å². The van der Waals surface area contributed by atoms with E-state index in [9.17, 15) is 9.59 Å². The Morgan fingerprint density at radius 3 is 2.72 bits per heavy atom. The molecule has 0 spiro atoms. The van der Waals surface area contributed by atoms with E-state index in [1.165, 1.54) is 14.2 Å². The third-order valence-corrected chi connectivity index (χ3v) is 2.32. The summed E-state index contributed by atoms with van der Waals surface area (Å²) in [6, 6.07) is 4.44. The number of halogens is 1. The molecular weight excluding hydrogens is 258 g/mol. The van der Waals surface area contributed by atoms with Crippen LogP contribution in [0.5, 0.6) is 5.75 Å². The molecule has 0 bridgehead atoms. The first kappa shape index (κ1) is 14.1. The first-order valence-corrected chi connectivity index (χ1v) is 5.53. The number of carbonyl (C=O) groups is 2. The highest BCUT2D eigenvalue weighted by molar-refractivity contribution is 6.30. The van der Waals surface area contributed by atoms with Gasteiger partial charge in [-0.3, -0.25) is 10.1 Å². The summed E-state index contributed by atoms with van der Waals surface area (Å²) in [5, 5.41) is 7.76. The lowest BCUT2D eigenvalue weighted by Gasteiger charge is -2.11. The quantitative estimate of drug-likeness (QED) is 0.769. The van der Waals surface area contributed by atoms with Gasteiger partial charge in [0.2, 0.25) is 5.91 Å². The van der Waals surface area contributed by atoms with Crippen molar-refractivity contribution in [1.82, 2.24) is 10.6 Å². The summed E-state index contributed by atoms with van der Waals surface area (Å²) in [5.74, 6) is 0.100. The summed E-state index contributed by atoms with van der Waals surface area (Å²) in [7, 11) is 2.94. The Kier molecular flexibility index (Phi) is 5.26. The molecule has 0 aliphatic carbocycles. The highest BCUT2D eigenvalue weighted by atomic mass is 35.5. The number of anilines is 1. The standard InChI is InChI=1S/C11H14ClN3O3/c1-13-11(17)15-10(16)6-14-8-5-7(12)3-4-9(8)18-2/h3-5,14H,6H2,1-2H3,(H2,13,15,16,17). The van der Waals surface area contributed by atoms with Crippen LogP contribution in [0.1, 0.15) is 0 Å². The monoisotopic (exact) mass is 271 g/mol. The summed E-state index contributed by atoms with van der Waals surface area (Å²) < 4.78 is 5.10. The molecule has 0 heterocycles. The summed E-state index contributed by atoms with van der Waals surface area (Å²) in [6.45, 7) is -0.0654. The highest BCUT2D eigenvalue weighted by Crippen LogP contribution is 2.27. The van der Waals surface area contributed by atoms with Gasteiger partial charge in [-0.15, -0.1) is 0 Å². The number of urea groups is 1. The molecule has 0 atom stereocenters. The topological polar surface area (TPSA) is 79.5 Å². The molecule has 0 aromatic heterocycles. The van der Waals surface area contributed by atoms with Gasteiger partial charge < -0.3 is 15.4 Å². The van der Waals surface area contributed by atoms with E-state index in [-0.39, 0.29) is 6.54 Å². The molecule has 6 nitrogen and oxygen atoms in total. The van der Waals surface area contributed by atoms with Crippen LogP contribution in [0.25, 0.3) is 0 Å². The maximum atomic E-state index is 11.4. The van der Waals surface area contributed by atoms with Crippen LogP contribution in [0.15, 0.2) is 18.2 Å². The molecule has 18 heavy (non-hydrogen) atoms. The molecule has 3 amide bonds. The van der Waals surface area contributed by atoms with Crippen molar-refractivity contribution in [3.63, 3.8) is 0 Å². The summed E-state index contributed by atoms with van der Waals surface area (Å²) in [4.78, 5) is 22.3. The molecule has 0 saturated heterocycles. The molecule has 0 aliphatic heterocycles. The average molecular weight is 272 g/mol. The van der Waals surface area contributed by atoms with Crippen LogP contribution in [0.2, 0.25) is 5.02 Å². The van der Waals surface area contributed by atoms with Crippen molar-refractivity contribution in [2.45, 2.75) is 0 Å². The van der Waals surface area contributed by atoms with Crippen molar-refractivity contribution in [3.8, 4) is 5.75 Å². The fourth-order valence-electron chi connectivity index (χ4n) is 1.23. The fraction of sp³-hybridized carbons (Fsp3) is 0.273. The van der Waals surface area contributed by atoms with E-state index in [1.54, 1.807) is 18.2 Å². The Hall–Kier alpha value is -1.95. The van der Waals surface area contributed by atoms with Gasteiger partial charge in [-0.2, -0.15) is 0 Å². The van der Waals surface area contributed by atoms with Crippen molar-refractivity contribution in [2.24, 2.45) is 0 Å². The van der Waals surface area contributed by atoms with Crippen molar-refractivity contribution < 1.29 is 14.3 Å². The van der Waals surface area contributed by atoms with Gasteiger partial charge in [-0.1, -0.05) is 11.6 Å². The van der Waals surface area contributed by atoms with E-state index in [1.807, 2.05) is 0 Å². The molecule has 1 aromatic rings. The van der Waals surface area contributed by atoms with Gasteiger partial charge in [0.1, 0.15) is 5.75 Å². The van der Waals surface area contributed by atoms with Crippen molar-refractivity contribution in [1.29, 1.82) is 0 Å². The third-order valence-electron chi connectivity index (χ3n) is 2.08. The number of rotatable bonds is 4. The summed E-state index contributed by atoms with van der Waals surface area (Å²) in [6.07, 6.45) is 0. The van der Waals surface area contributed by atoms with E-state index in [0.717, 1.165) is 0 Å². The predicted molar refractivity (Wildman–Crippen MR) is 69.1 cm³/mol. The molecule has 3 N–H and O–H groups in total. The van der Waals surface area contributed by atoms with E-state index in [0.29, 0.717) is 16.5 Å². The maximum Gasteiger partial charge on any atom is 0.321 e. The average Bonchev–Trinajstić information content (AvgIpc) is 2.36. The minimum absolute atomic E-state index is 0.0654. The van der Waals surface area contributed by atoms with Crippen LogP contribution in [-0.4, -0.2) is 32.6 Å². The Morgan fingerprint density at radius 1 is 1.39 bits per heavy atom. The maximum absolute atomic E-state index is 11.4. The molecule has 7 heteroatoms. The van der Waals surface area contributed by atoms with E-state index in [4.69, 9.17) is 16.3 Å². The lowest BCUT2D eigenvalue weighted by Crippen LogP contribution is -2.40. The fourth-order valence-corrected chi connectivity index (χ4v) is 1.40. The van der Waals surface area contributed by atoms with Gasteiger partial charge in [0.25, 0.3) is 0 Å². The lowest BCUT2D eigenvalue weighted by atomic mass is 10.3. The number of imide groups is 1. The zero-order valence-electron chi connectivity index (χ0n) is 10.0. The number of methoxy groups -OCH3 is 1. The minimum atomic E-state index is -0.556. The zero-order valence-corrected chi connectivity index (χ0v) is 10.8. The molecule has 98 valence electrons. The number of hydrogen-bond donors (Lipinski definition) is 3. The van der Waals surface area contributed by atoms with Gasteiger partial charge in [0.05, 0.1) is 19.3 Å². The number of amides is 3. The summed E-state index contributed by atoms with van der Waals surface area (Å²) in [5.41, 5.74) is 0.581. The Balaban J connectivity index is 2.60. The molecular formula is C11H14ClN3O3. The second-order valence-corrected chi connectivity index (χ2v) is 3.76. The normalized spacial score (nSPS) is 9.50. The van der Waals surface area contributed by atoms with Crippen LogP contribution in [0.3, 0.4) is 0 Å². The first-order chi connectivity index (χ1) is 8.56. The van der Waals surface area contributed by atoms with Crippen LogP contribution in [0, 0.1) is 0 Å². The number of carbonyl (C=O) groups excluding carboxylic acids is 2. The van der Waals surface area contributed by atoms with Crippen LogP contribution < -0.4 is 20.7 Å². The van der Waals surface area contributed by atoms with Crippen LogP contribution in [-0.2, 0) is 4.79 Å². The second kappa shape index (κ2) is 6.70.